The van der Waals surface area contributed by atoms with Crippen LogP contribution in [0, 0.1) is 0 Å². The van der Waals surface area contributed by atoms with Crippen molar-refractivity contribution in [1.82, 2.24) is 0 Å². The smallest absolute Gasteiger partial charge is 0.152 e. The van der Waals surface area contributed by atoms with Crippen LogP contribution in [0.3, 0.4) is 0 Å². The van der Waals surface area contributed by atoms with Gasteiger partial charge in [-0.3, -0.25) is 9.59 Å². The monoisotopic (exact) mass is 286 g/mol. The fraction of sp³-hybridized carbons (Fsp3) is 0. The summed E-state index contributed by atoms with van der Waals surface area (Å²) < 4.78 is 0. The lowest BCUT2D eigenvalue weighted by atomic mass is 10.4. The fourth-order valence-corrected chi connectivity index (χ4v) is 5.51. The molecule has 0 fully saturated rings. The molecule has 16 heavy (non-hydrogen) atoms. The molecule has 2 aromatic rings. The number of carbonyl (C=O) groups is 2. The zero-order chi connectivity index (χ0) is 11.4. The van der Waals surface area contributed by atoms with E-state index in [1.165, 1.54) is 44.3 Å². The molecule has 0 aliphatic carbocycles. The topological polar surface area (TPSA) is 34.1 Å². The van der Waals surface area contributed by atoms with Crippen LogP contribution in [-0.4, -0.2) is 12.6 Å². The lowest BCUT2D eigenvalue weighted by Crippen LogP contribution is -1.77. The number of hydrogen-bond acceptors (Lipinski definition) is 6. The van der Waals surface area contributed by atoms with Gasteiger partial charge in [-0.15, -0.1) is 0 Å². The van der Waals surface area contributed by atoms with Crippen molar-refractivity contribution in [2.75, 3.05) is 0 Å². The van der Waals surface area contributed by atoms with Crippen LogP contribution in [0.4, 0.5) is 0 Å². The summed E-state index contributed by atoms with van der Waals surface area (Å²) in [5.74, 6) is 0. The number of aldehydes is 2. The summed E-state index contributed by atoms with van der Waals surface area (Å²) in [5, 5.41) is 7.52. The van der Waals surface area contributed by atoms with E-state index in [1.54, 1.807) is 0 Å². The normalized spacial score (nSPS) is 10.2. The van der Waals surface area contributed by atoms with Gasteiger partial charge in [0.25, 0.3) is 0 Å². The average molecular weight is 286 g/mol. The highest BCUT2D eigenvalue weighted by molar-refractivity contribution is 8.76. The summed E-state index contributed by atoms with van der Waals surface area (Å²) in [6.45, 7) is 0. The molecule has 2 rings (SSSR count). The van der Waals surface area contributed by atoms with Gasteiger partial charge >= 0.3 is 0 Å². The van der Waals surface area contributed by atoms with E-state index in [1.807, 2.05) is 21.5 Å². The zero-order valence-electron chi connectivity index (χ0n) is 7.91. The summed E-state index contributed by atoms with van der Waals surface area (Å²) in [6, 6.07) is 0. The van der Waals surface area contributed by atoms with Crippen LogP contribution in [0.1, 0.15) is 20.7 Å². The second kappa shape index (κ2) is 5.67. The molecular formula is C10H6O2S4. The molecule has 0 saturated carbocycles. The third kappa shape index (κ3) is 2.57. The van der Waals surface area contributed by atoms with Gasteiger partial charge in [0.15, 0.2) is 12.6 Å². The molecule has 0 aliphatic rings. The van der Waals surface area contributed by atoms with Crippen LogP contribution < -0.4 is 0 Å². The Morgan fingerprint density at radius 1 is 0.812 bits per heavy atom. The van der Waals surface area contributed by atoms with Crippen molar-refractivity contribution >= 4 is 56.8 Å². The van der Waals surface area contributed by atoms with E-state index in [4.69, 9.17) is 0 Å². The van der Waals surface area contributed by atoms with Crippen LogP contribution in [0.15, 0.2) is 31.3 Å². The summed E-state index contributed by atoms with van der Waals surface area (Å²) in [4.78, 5) is 23.3. The first-order chi connectivity index (χ1) is 7.85. The fourth-order valence-electron chi connectivity index (χ4n) is 0.987. The second-order valence-corrected chi connectivity index (χ2v) is 6.49. The molecule has 0 aliphatic heterocycles. The molecule has 0 spiro atoms. The lowest BCUT2D eigenvalue weighted by molar-refractivity contribution is 0.111. The summed E-state index contributed by atoms with van der Waals surface area (Å²) >= 11 is 3.01. The maximum atomic E-state index is 10.7. The largest absolute Gasteiger partial charge is 0.298 e. The van der Waals surface area contributed by atoms with Gasteiger partial charge < -0.3 is 0 Å². The highest BCUT2D eigenvalue weighted by atomic mass is 33.1. The Hall–Kier alpha value is -0.560. The van der Waals surface area contributed by atoms with Crippen molar-refractivity contribution in [2.45, 2.75) is 9.79 Å². The van der Waals surface area contributed by atoms with Crippen molar-refractivity contribution in [3.05, 3.63) is 32.6 Å². The van der Waals surface area contributed by atoms with E-state index >= 15 is 0 Å². The van der Waals surface area contributed by atoms with Gasteiger partial charge in [-0.2, -0.15) is 22.7 Å². The van der Waals surface area contributed by atoms with Crippen molar-refractivity contribution in [2.24, 2.45) is 0 Å². The number of rotatable bonds is 5. The Morgan fingerprint density at radius 3 is 1.62 bits per heavy atom. The molecule has 0 radical (unpaired) electrons. The van der Waals surface area contributed by atoms with Crippen molar-refractivity contribution < 1.29 is 9.59 Å². The SMILES string of the molecule is O=Cc1cscc1SSc1cscc1C=O. The van der Waals surface area contributed by atoms with Crippen molar-refractivity contribution in [1.29, 1.82) is 0 Å². The molecule has 0 aromatic carbocycles. The average Bonchev–Trinajstić information content (AvgIpc) is 2.94. The first-order valence-corrected chi connectivity index (χ1v) is 8.26. The molecule has 2 nitrogen and oxygen atoms in total. The minimum absolute atomic E-state index is 0.713. The van der Waals surface area contributed by atoms with Gasteiger partial charge in [0, 0.05) is 42.4 Å². The number of carbonyl (C=O) groups excluding carboxylic acids is 2. The molecule has 6 heteroatoms. The Bertz CT molecular complexity index is 454. The quantitative estimate of drug-likeness (QED) is 0.608. The van der Waals surface area contributed by atoms with Crippen LogP contribution in [-0.2, 0) is 0 Å². The van der Waals surface area contributed by atoms with Crippen LogP contribution in [0.5, 0.6) is 0 Å². The van der Waals surface area contributed by atoms with Gasteiger partial charge in [-0.1, -0.05) is 21.6 Å². The first kappa shape index (κ1) is 11.9. The van der Waals surface area contributed by atoms with E-state index in [2.05, 4.69) is 0 Å². The molecule has 0 unspecified atom stereocenters. The lowest BCUT2D eigenvalue weighted by Gasteiger charge is -1.97. The van der Waals surface area contributed by atoms with Crippen LogP contribution >= 0.6 is 44.3 Å². The van der Waals surface area contributed by atoms with E-state index < -0.39 is 0 Å². The molecule has 0 saturated heterocycles. The third-order valence-electron chi connectivity index (χ3n) is 1.78. The predicted octanol–water partition coefficient (Wildman–Crippen LogP) is 4.23. The maximum absolute atomic E-state index is 10.7. The highest BCUT2D eigenvalue weighted by Crippen LogP contribution is 2.41. The van der Waals surface area contributed by atoms with E-state index in [0.29, 0.717) is 11.1 Å². The van der Waals surface area contributed by atoms with Gasteiger partial charge in [-0.05, 0) is 0 Å². The highest BCUT2D eigenvalue weighted by Gasteiger charge is 2.08. The second-order valence-electron chi connectivity index (χ2n) is 2.79. The molecule has 0 atom stereocenters. The van der Waals surface area contributed by atoms with Gasteiger partial charge in [0.1, 0.15) is 0 Å². The van der Waals surface area contributed by atoms with Gasteiger partial charge in [-0.25, -0.2) is 0 Å². The molecule has 0 bridgehead atoms. The summed E-state index contributed by atoms with van der Waals surface area (Å²) in [6.07, 6.45) is 1.71. The Labute approximate surface area is 108 Å². The summed E-state index contributed by atoms with van der Waals surface area (Å²) in [5.41, 5.74) is 1.43. The molecule has 82 valence electrons. The van der Waals surface area contributed by atoms with E-state index in [-0.39, 0.29) is 0 Å². The standard InChI is InChI=1S/C10H6O2S4/c11-1-7-3-13-5-9(7)15-16-10-6-14-4-8(10)2-12/h1-6H. The van der Waals surface area contributed by atoms with Gasteiger partial charge in [0.2, 0.25) is 0 Å². The van der Waals surface area contributed by atoms with E-state index in [9.17, 15) is 9.59 Å². The molecule has 2 heterocycles. The van der Waals surface area contributed by atoms with Crippen LogP contribution in [0.25, 0.3) is 0 Å². The summed E-state index contributed by atoms with van der Waals surface area (Å²) in [7, 11) is 3.02. The molecule has 0 N–H and O–H groups in total. The maximum Gasteiger partial charge on any atom is 0.152 e. The molecule has 2 aromatic heterocycles. The minimum Gasteiger partial charge on any atom is -0.298 e. The Kier molecular flexibility index (Phi) is 4.22. The van der Waals surface area contributed by atoms with Crippen LogP contribution in [0.2, 0.25) is 0 Å². The van der Waals surface area contributed by atoms with E-state index in [0.717, 1.165) is 22.4 Å². The molecular weight excluding hydrogens is 280 g/mol. The minimum atomic E-state index is 0.713. The zero-order valence-corrected chi connectivity index (χ0v) is 11.2. The Morgan fingerprint density at radius 2 is 1.25 bits per heavy atom. The third-order valence-corrected chi connectivity index (χ3v) is 6.08. The van der Waals surface area contributed by atoms with Gasteiger partial charge in [0.05, 0.1) is 0 Å². The Balaban J connectivity index is 2.07. The first-order valence-electron chi connectivity index (χ1n) is 4.22. The number of hydrogen-bond donors (Lipinski definition) is 0. The number of thiophene rings is 2. The van der Waals surface area contributed by atoms with Crippen molar-refractivity contribution in [3.63, 3.8) is 0 Å². The van der Waals surface area contributed by atoms with Crippen molar-refractivity contribution in [3.8, 4) is 0 Å². The molecule has 0 amide bonds. The predicted molar refractivity (Wildman–Crippen MR) is 71.1 cm³/mol.